The molecule has 0 radical (unpaired) electrons. The minimum Gasteiger partial charge on any atom is -0.368 e. The third-order valence-electron chi connectivity index (χ3n) is 6.87. The van der Waals surface area contributed by atoms with Crippen LogP contribution in [0.5, 0.6) is 0 Å². The van der Waals surface area contributed by atoms with E-state index in [9.17, 15) is 9.59 Å². The number of hydrogen-bond donors (Lipinski definition) is 2. The summed E-state index contributed by atoms with van der Waals surface area (Å²) in [5, 5.41) is 6.50. The van der Waals surface area contributed by atoms with Gasteiger partial charge in [0.1, 0.15) is 0 Å². The smallest absolute Gasteiger partial charge is 0.227 e. The molecule has 2 heterocycles. The van der Waals surface area contributed by atoms with E-state index >= 15 is 0 Å². The predicted molar refractivity (Wildman–Crippen MR) is 110 cm³/mol. The molecule has 1 aromatic rings. The second-order valence-electron chi connectivity index (χ2n) is 8.44. The number of nitrogens with one attached hydrogen (secondary N) is 2. The van der Waals surface area contributed by atoms with Crippen LogP contribution in [0.25, 0.3) is 0 Å². The SMILES string of the molecule is O=C(CCNC(=O)[C@@]12CCCC[C@H]1CNC2)N1CCN(c2ccccc2)CC1. The lowest BCUT2D eigenvalue weighted by atomic mass is 9.67. The number of carbonyl (C=O) groups is 2. The zero-order valence-corrected chi connectivity index (χ0v) is 16.7. The molecule has 3 fully saturated rings. The van der Waals surface area contributed by atoms with Crippen LogP contribution in [0.4, 0.5) is 5.69 Å². The quantitative estimate of drug-likeness (QED) is 0.810. The van der Waals surface area contributed by atoms with Gasteiger partial charge in [-0.05, 0) is 37.4 Å². The summed E-state index contributed by atoms with van der Waals surface area (Å²) in [6.07, 6.45) is 4.88. The third-order valence-corrected chi connectivity index (χ3v) is 6.87. The second-order valence-corrected chi connectivity index (χ2v) is 8.44. The molecule has 0 bridgehead atoms. The molecule has 28 heavy (non-hydrogen) atoms. The predicted octanol–water partition coefficient (Wildman–Crippen LogP) is 1.62. The van der Waals surface area contributed by atoms with Crippen LogP contribution in [0, 0.1) is 11.3 Å². The molecular weight excluding hydrogens is 352 g/mol. The molecular formula is C22H32N4O2. The van der Waals surface area contributed by atoms with Crippen molar-refractivity contribution in [2.24, 2.45) is 11.3 Å². The molecule has 0 unspecified atom stereocenters. The Balaban J connectivity index is 1.21. The maximum atomic E-state index is 12.9. The summed E-state index contributed by atoms with van der Waals surface area (Å²) in [7, 11) is 0. The molecule has 2 aliphatic heterocycles. The van der Waals surface area contributed by atoms with Crippen molar-refractivity contribution in [3.63, 3.8) is 0 Å². The number of nitrogens with zero attached hydrogens (tertiary/aromatic N) is 2. The van der Waals surface area contributed by atoms with Gasteiger partial charge in [-0.3, -0.25) is 9.59 Å². The van der Waals surface area contributed by atoms with E-state index < -0.39 is 0 Å². The summed E-state index contributed by atoms with van der Waals surface area (Å²) in [5.41, 5.74) is 0.983. The van der Waals surface area contributed by atoms with Crippen molar-refractivity contribution in [2.45, 2.75) is 32.1 Å². The highest BCUT2D eigenvalue weighted by Crippen LogP contribution is 2.43. The number of para-hydroxylation sites is 1. The lowest BCUT2D eigenvalue weighted by Crippen LogP contribution is -2.50. The van der Waals surface area contributed by atoms with Crippen LogP contribution < -0.4 is 15.5 Å². The molecule has 4 rings (SSSR count). The van der Waals surface area contributed by atoms with Crippen molar-refractivity contribution in [1.82, 2.24) is 15.5 Å². The van der Waals surface area contributed by atoms with E-state index in [4.69, 9.17) is 0 Å². The number of amides is 2. The van der Waals surface area contributed by atoms with E-state index in [0.29, 0.717) is 18.9 Å². The Hall–Kier alpha value is -2.08. The van der Waals surface area contributed by atoms with Crippen LogP contribution in [0.3, 0.4) is 0 Å². The summed E-state index contributed by atoms with van der Waals surface area (Å²) in [6.45, 7) is 5.41. The van der Waals surface area contributed by atoms with Crippen LogP contribution in [0.1, 0.15) is 32.1 Å². The van der Waals surface area contributed by atoms with Crippen molar-refractivity contribution in [3.05, 3.63) is 30.3 Å². The van der Waals surface area contributed by atoms with E-state index in [2.05, 4.69) is 27.7 Å². The van der Waals surface area contributed by atoms with Crippen LogP contribution in [-0.4, -0.2) is 62.5 Å². The van der Waals surface area contributed by atoms with Gasteiger partial charge in [-0.2, -0.15) is 0 Å². The van der Waals surface area contributed by atoms with Crippen molar-refractivity contribution in [2.75, 3.05) is 50.7 Å². The molecule has 2 N–H and O–H groups in total. The average Bonchev–Trinajstić information content (AvgIpc) is 3.20. The molecule has 0 spiro atoms. The van der Waals surface area contributed by atoms with Gasteiger partial charge in [0, 0.05) is 51.4 Å². The maximum absolute atomic E-state index is 12.9. The minimum absolute atomic E-state index is 0.148. The fourth-order valence-corrected chi connectivity index (χ4v) is 5.16. The zero-order valence-electron chi connectivity index (χ0n) is 16.7. The summed E-state index contributed by atoms with van der Waals surface area (Å²) in [5.74, 6) is 0.766. The highest BCUT2D eigenvalue weighted by Gasteiger charge is 2.49. The van der Waals surface area contributed by atoms with Crippen LogP contribution in [0.15, 0.2) is 30.3 Å². The summed E-state index contributed by atoms with van der Waals surface area (Å²) in [4.78, 5) is 29.7. The van der Waals surface area contributed by atoms with Crippen molar-refractivity contribution < 1.29 is 9.59 Å². The fourth-order valence-electron chi connectivity index (χ4n) is 5.16. The molecule has 2 saturated heterocycles. The van der Waals surface area contributed by atoms with Gasteiger partial charge in [-0.25, -0.2) is 0 Å². The Morgan fingerprint density at radius 3 is 2.68 bits per heavy atom. The first-order valence-corrected chi connectivity index (χ1v) is 10.8. The van der Waals surface area contributed by atoms with Gasteiger partial charge < -0.3 is 20.4 Å². The molecule has 6 nitrogen and oxygen atoms in total. The zero-order chi connectivity index (χ0) is 19.4. The number of rotatable bonds is 5. The number of piperazine rings is 1. The first-order chi connectivity index (χ1) is 13.7. The number of anilines is 1. The Bertz CT molecular complexity index is 687. The number of fused-ring (bicyclic) bond motifs is 1. The average molecular weight is 385 g/mol. The van der Waals surface area contributed by atoms with E-state index in [1.54, 1.807) is 0 Å². The van der Waals surface area contributed by atoms with Gasteiger partial charge in [0.15, 0.2) is 0 Å². The van der Waals surface area contributed by atoms with Crippen molar-refractivity contribution in [3.8, 4) is 0 Å². The van der Waals surface area contributed by atoms with Crippen LogP contribution in [0.2, 0.25) is 0 Å². The van der Waals surface area contributed by atoms with E-state index in [-0.39, 0.29) is 17.2 Å². The van der Waals surface area contributed by atoms with Crippen LogP contribution in [-0.2, 0) is 9.59 Å². The molecule has 3 aliphatic rings. The first kappa shape index (κ1) is 19.2. The maximum Gasteiger partial charge on any atom is 0.227 e. The van der Waals surface area contributed by atoms with Crippen LogP contribution >= 0.6 is 0 Å². The Morgan fingerprint density at radius 2 is 1.89 bits per heavy atom. The molecule has 152 valence electrons. The summed E-state index contributed by atoms with van der Waals surface area (Å²) < 4.78 is 0. The molecule has 2 atom stereocenters. The largest absolute Gasteiger partial charge is 0.368 e. The van der Waals surface area contributed by atoms with Crippen molar-refractivity contribution in [1.29, 1.82) is 0 Å². The Kier molecular flexibility index (Phi) is 5.85. The Morgan fingerprint density at radius 1 is 1.11 bits per heavy atom. The molecule has 2 amide bonds. The van der Waals surface area contributed by atoms with Gasteiger partial charge in [0.2, 0.25) is 11.8 Å². The van der Waals surface area contributed by atoms with Gasteiger partial charge in [0.05, 0.1) is 5.41 Å². The monoisotopic (exact) mass is 384 g/mol. The van der Waals surface area contributed by atoms with Gasteiger partial charge in [0.25, 0.3) is 0 Å². The second kappa shape index (κ2) is 8.52. The topological polar surface area (TPSA) is 64.7 Å². The number of carbonyl (C=O) groups excluding carboxylic acids is 2. The molecule has 1 saturated carbocycles. The number of hydrogen-bond acceptors (Lipinski definition) is 4. The lowest BCUT2D eigenvalue weighted by molar-refractivity contribution is -0.134. The standard InChI is InChI=1S/C22H32N4O2/c27-20(26-14-12-25(13-15-26)19-7-2-1-3-8-19)9-11-24-21(28)22-10-5-4-6-18(22)16-23-17-22/h1-3,7-8,18,23H,4-6,9-17H2,(H,24,28)/t18-,22+/m0/s1. The van der Waals surface area contributed by atoms with E-state index in [0.717, 1.165) is 58.5 Å². The number of benzene rings is 1. The first-order valence-electron chi connectivity index (χ1n) is 10.8. The minimum atomic E-state index is -0.234. The Labute approximate surface area is 167 Å². The summed E-state index contributed by atoms with van der Waals surface area (Å²) in [6, 6.07) is 10.3. The third kappa shape index (κ3) is 3.88. The molecule has 1 aliphatic carbocycles. The molecule has 0 aromatic heterocycles. The van der Waals surface area contributed by atoms with E-state index in [1.165, 1.54) is 12.1 Å². The van der Waals surface area contributed by atoms with Gasteiger partial charge in [-0.1, -0.05) is 31.0 Å². The molecule has 6 heteroatoms. The normalized spacial score (nSPS) is 27.4. The lowest BCUT2D eigenvalue weighted by Gasteiger charge is -2.37. The highest BCUT2D eigenvalue weighted by molar-refractivity contribution is 5.84. The van der Waals surface area contributed by atoms with Crippen molar-refractivity contribution >= 4 is 17.5 Å². The fraction of sp³-hybridized carbons (Fsp3) is 0.636. The molecule has 1 aromatic carbocycles. The van der Waals surface area contributed by atoms with Gasteiger partial charge >= 0.3 is 0 Å². The van der Waals surface area contributed by atoms with Gasteiger partial charge in [-0.15, -0.1) is 0 Å². The van der Waals surface area contributed by atoms with E-state index in [1.807, 2.05) is 23.1 Å². The highest BCUT2D eigenvalue weighted by atomic mass is 16.2. The summed E-state index contributed by atoms with van der Waals surface area (Å²) >= 11 is 0.